The Balaban J connectivity index is 1.47. The molecule has 1 fully saturated rings. The van der Waals surface area contributed by atoms with Gasteiger partial charge in [0.15, 0.2) is 0 Å². The van der Waals surface area contributed by atoms with E-state index >= 15 is 0 Å². The van der Waals surface area contributed by atoms with Gasteiger partial charge in [-0.15, -0.1) is 5.10 Å². The fourth-order valence-electron chi connectivity index (χ4n) is 3.66. The van der Waals surface area contributed by atoms with Crippen LogP contribution in [0, 0.1) is 0 Å². The van der Waals surface area contributed by atoms with Crippen molar-refractivity contribution in [2.45, 2.75) is 6.42 Å². The first-order valence-electron chi connectivity index (χ1n) is 10.5. The number of carbonyl (C=O) groups is 1. The van der Waals surface area contributed by atoms with Gasteiger partial charge in [0.2, 0.25) is 0 Å². The molecule has 0 aliphatic carbocycles. The van der Waals surface area contributed by atoms with Gasteiger partial charge in [0.25, 0.3) is 5.56 Å². The Morgan fingerprint density at radius 2 is 1.73 bits per heavy atom. The minimum Gasteiger partial charge on any atom is -0.495 e. The molecular weight excluding hydrogens is 465 g/mol. The Labute approximate surface area is 201 Å². The Kier molecular flexibility index (Phi) is 7.05. The third-order valence-electron chi connectivity index (χ3n) is 5.37. The third-order valence-corrected chi connectivity index (χ3v) is 5.85. The second-order valence-corrected chi connectivity index (χ2v) is 8.39. The van der Waals surface area contributed by atoms with Crippen molar-refractivity contribution in [3.05, 3.63) is 75.0 Å². The molecule has 33 heavy (non-hydrogen) atoms. The Hall–Kier alpha value is -3.23. The summed E-state index contributed by atoms with van der Waals surface area (Å²) in [6, 6.07) is 15.0. The molecule has 2 heterocycles. The fourth-order valence-corrected chi connectivity index (χ4v) is 3.96. The summed E-state index contributed by atoms with van der Waals surface area (Å²) in [5, 5.41) is 8.53. The van der Waals surface area contributed by atoms with Crippen molar-refractivity contribution in [3.8, 4) is 11.4 Å². The second-order valence-electron chi connectivity index (χ2n) is 7.52. The smallest absolute Gasteiger partial charge is 0.322 e. The fraction of sp³-hybridized carbons (Fsp3) is 0.261. The molecule has 0 radical (unpaired) electrons. The van der Waals surface area contributed by atoms with Crippen LogP contribution in [0.25, 0.3) is 5.69 Å². The lowest BCUT2D eigenvalue weighted by molar-refractivity contribution is 0.215. The Morgan fingerprint density at radius 1 is 0.970 bits per heavy atom. The lowest BCUT2D eigenvalue weighted by Crippen LogP contribution is -2.38. The van der Waals surface area contributed by atoms with Crippen LogP contribution in [0.3, 0.4) is 0 Å². The summed E-state index contributed by atoms with van der Waals surface area (Å²) in [5.74, 6) is 1.21. The molecule has 1 aliphatic rings. The van der Waals surface area contributed by atoms with Crippen LogP contribution in [0.2, 0.25) is 10.0 Å². The van der Waals surface area contributed by atoms with E-state index in [-0.39, 0.29) is 11.6 Å². The predicted molar refractivity (Wildman–Crippen MR) is 130 cm³/mol. The number of amides is 2. The SMILES string of the molecule is COc1ccc(Cl)cc1NC(=O)N1CCCN(c2ccc(=O)n(-c3ccc(Cl)cc3)n2)CC1. The zero-order valence-electron chi connectivity index (χ0n) is 18.0. The molecule has 0 atom stereocenters. The van der Waals surface area contributed by atoms with E-state index in [4.69, 9.17) is 27.9 Å². The maximum absolute atomic E-state index is 12.9. The van der Waals surface area contributed by atoms with Crippen LogP contribution in [0.5, 0.6) is 5.75 Å². The van der Waals surface area contributed by atoms with Gasteiger partial charge >= 0.3 is 6.03 Å². The molecule has 10 heteroatoms. The number of nitrogens with one attached hydrogen (secondary N) is 1. The van der Waals surface area contributed by atoms with Crippen molar-refractivity contribution in [3.63, 3.8) is 0 Å². The molecular formula is C23H23Cl2N5O3. The molecule has 0 spiro atoms. The van der Waals surface area contributed by atoms with Crippen LogP contribution in [-0.2, 0) is 0 Å². The van der Waals surface area contributed by atoms with Crippen LogP contribution in [0.1, 0.15) is 6.42 Å². The highest BCUT2D eigenvalue weighted by molar-refractivity contribution is 6.31. The number of nitrogens with zero attached hydrogens (tertiary/aromatic N) is 4. The van der Waals surface area contributed by atoms with E-state index in [1.165, 1.54) is 10.7 Å². The number of hydrogen-bond acceptors (Lipinski definition) is 5. The molecule has 1 saturated heterocycles. The average Bonchev–Trinajstić information content (AvgIpc) is 3.07. The number of ether oxygens (including phenoxy) is 1. The minimum atomic E-state index is -0.229. The first kappa shape index (κ1) is 22.9. The summed E-state index contributed by atoms with van der Waals surface area (Å²) >= 11 is 12.0. The quantitative estimate of drug-likeness (QED) is 0.593. The number of benzene rings is 2. The second kappa shape index (κ2) is 10.1. The van der Waals surface area contributed by atoms with Crippen LogP contribution >= 0.6 is 23.2 Å². The zero-order chi connectivity index (χ0) is 23.4. The standard InChI is InChI=1S/C23H23Cl2N5O3/c1-33-20-8-5-17(25)15-19(20)26-23(32)29-12-2-11-28(13-14-29)21-9-10-22(31)30(27-21)18-6-3-16(24)4-7-18/h3-10,15H,2,11-14H2,1H3,(H,26,32). The molecule has 8 nitrogen and oxygen atoms in total. The first-order valence-corrected chi connectivity index (χ1v) is 11.2. The molecule has 4 rings (SSSR count). The van der Waals surface area contributed by atoms with Crippen molar-refractivity contribution in [1.82, 2.24) is 14.7 Å². The Bertz CT molecular complexity index is 1200. The van der Waals surface area contributed by atoms with E-state index in [1.807, 2.05) is 0 Å². The third kappa shape index (κ3) is 5.40. The predicted octanol–water partition coefficient (Wildman–Crippen LogP) is 4.29. The van der Waals surface area contributed by atoms with Crippen molar-refractivity contribution in [1.29, 1.82) is 0 Å². The van der Waals surface area contributed by atoms with E-state index in [0.29, 0.717) is 59.2 Å². The molecule has 3 aromatic rings. The normalized spacial score (nSPS) is 14.0. The number of anilines is 2. The first-order chi connectivity index (χ1) is 15.9. The molecule has 2 aromatic carbocycles. The van der Waals surface area contributed by atoms with Crippen LogP contribution in [0.15, 0.2) is 59.4 Å². The van der Waals surface area contributed by atoms with E-state index in [0.717, 1.165) is 6.42 Å². The Morgan fingerprint density at radius 3 is 2.48 bits per heavy atom. The molecule has 172 valence electrons. The van der Waals surface area contributed by atoms with Crippen LogP contribution in [-0.4, -0.2) is 54.0 Å². The van der Waals surface area contributed by atoms with Gasteiger partial charge < -0.3 is 19.9 Å². The van der Waals surface area contributed by atoms with Crippen molar-refractivity contribution in [2.24, 2.45) is 0 Å². The van der Waals surface area contributed by atoms with Crippen molar-refractivity contribution in [2.75, 3.05) is 43.5 Å². The van der Waals surface area contributed by atoms with Crippen molar-refractivity contribution < 1.29 is 9.53 Å². The number of carbonyl (C=O) groups excluding carboxylic acids is 1. The molecule has 0 saturated carbocycles. The molecule has 1 aromatic heterocycles. The number of urea groups is 1. The number of aromatic nitrogens is 2. The number of methoxy groups -OCH3 is 1. The topological polar surface area (TPSA) is 79.7 Å². The lowest BCUT2D eigenvalue weighted by atomic mass is 10.3. The van der Waals surface area contributed by atoms with Crippen LogP contribution in [0.4, 0.5) is 16.3 Å². The van der Waals surface area contributed by atoms with Crippen molar-refractivity contribution >= 4 is 40.7 Å². The maximum atomic E-state index is 12.9. The molecule has 0 bridgehead atoms. The van der Waals surface area contributed by atoms with E-state index in [2.05, 4.69) is 15.3 Å². The molecule has 0 unspecified atom stereocenters. The lowest BCUT2D eigenvalue weighted by Gasteiger charge is -2.23. The van der Waals surface area contributed by atoms with Crippen LogP contribution < -0.4 is 20.5 Å². The minimum absolute atomic E-state index is 0.225. The zero-order valence-corrected chi connectivity index (χ0v) is 19.5. The summed E-state index contributed by atoms with van der Waals surface area (Å²) in [5.41, 5.74) is 0.928. The highest BCUT2D eigenvalue weighted by atomic mass is 35.5. The summed E-state index contributed by atoms with van der Waals surface area (Å²) < 4.78 is 6.66. The largest absolute Gasteiger partial charge is 0.495 e. The van der Waals surface area contributed by atoms with E-state index < -0.39 is 0 Å². The number of halogens is 2. The van der Waals surface area contributed by atoms with Gasteiger partial charge in [-0.05, 0) is 55.0 Å². The number of rotatable bonds is 4. The summed E-state index contributed by atoms with van der Waals surface area (Å²) in [7, 11) is 1.54. The highest BCUT2D eigenvalue weighted by Gasteiger charge is 2.21. The van der Waals surface area contributed by atoms with Gasteiger partial charge in [-0.2, -0.15) is 4.68 Å². The molecule has 1 aliphatic heterocycles. The van der Waals surface area contributed by atoms with Gasteiger partial charge in [-0.3, -0.25) is 4.79 Å². The summed E-state index contributed by atoms with van der Waals surface area (Å²) in [4.78, 5) is 29.1. The summed E-state index contributed by atoms with van der Waals surface area (Å²) in [6.45, 7) is 2.36. The number of hydrogen-bond donors (Lipinski definition) is 1. The monoisotopic (exact) mass is 487 g/mol. The van der Waals surface area contributed by atoms with E-state index in [9.17, 15) is 9.59 Å². The summed E-state index contributed by atoms with van der Waals surface area (Å²) in [6.07, 6.45) is 0.752. The van der Waals surface area contributed by atoms with Gasteiger partial charge in [0.1, 0.15) is 11.6 Å². The van der Waals surface area contributed by atoms with Gasteiger partial charge in [0, 0.05) is 42.3 Å². The highest BCUT2D eigenvalue weighted by Crippen LogP contribution is 2.28. The molecule has 1 N–H and O–H groups in total. The van der Waals surface area contributed by atoms with Gasteiger partial charge in [-0.1, -0.05) is 23.2 Å². The van der Waals surface area contributed by atoms with Gasteiger partial charge in [0.05, 0.1) is 18.5 Å². The maximum Gasteiger partial charge on any atom is 0.322 e. The molecule has 2 amide bonds. The van der Waals surface area contributed by atoms with Gasteiger partial charge in [-0.25, -0.2) is 4.79 Å². The van der Waals surface area contributed by atoms with E-state index in [1.54, 1.807) is 60.5 Å². The average molecular weight is 488 g/mol.